The van der Waals surface area contributed by atoms with E-state index in [0.29, 0.717) is 31.0 Å². The minimum Gasteiger partial charge on any atom is -0.496 e. The number of Topliss-reactive ketones (excluding diaryl/α,β-unsaturated/α-hetero) is 1. The zero-order valence-electron chi connectivity index (χ0n) is 16.4. The third-order valence-corrected chi connectivity index (χ3v) is 5.02. The third kappa shape index (κ3) is 4.03. The molecule has 8 nitrogen and oxygen atoms in total. The van der Waals surface area contributed by atoms with Crippen molar-refractivity contribution >= 4 is 11.5 Å². The number of nitrogens with zero attached hydrogens (tertiary/aromatic N) is 5. The van der Waals surface area contributed by atoms with E-state index >= 15 is 0 Å². The van der Waals surface area contributed by atoms with E-state index < -0.39 is 6.10 Å². The fraction of sp³-hybridized carbons (Fsp3) is 0.333. The van der Waals surface area contributed by atoms with Gasteiger partial charge in [-0.3, -0.25) is 9.69 Å². The highest BCUT2D eigenvalue weighted by Crippen LogP contribution is 2.23. The van der Waals surface area contributed by atoms with Crippen LogP contribution in [0.3, 0.4) is 0 Å². The Hall–Kier alpha value is -3.10. The Kier molecular flexibility index (Phi) is 5.64. The molecule has 1 aromatic heterocycles. The maximum absolute atomic E-state index is 13.1. The molecule has 1 aromatic carbocycles. The Morgan fingerprint density at radius 1 is 1.28 bits per heavy atom. The zero-order chi connectivity index (χ0) is 20.2. The van der Waals surface area contributed by atoms with Crippen LogP contribution in [0.2, 0.25) is 0 Å². The second kappa shape index (κ2) is 8.50. The highest BCUT2D eigenvalue weighted by Gasteiger charge is 2.34. The fourth-order valence-corrected chi connectivity index (χ4v) is 3.52. The van der Waals surface area contributed by atoms with Gasteiger partial charge in [-0.05, 0) is 24.3 Å². The lowest BCUT2D eigenvalue weighted by atomic mass is 10.0. The van der Waals surface area contributed by atoms with Gasteiger partial charge in [0.25, 0.3) is 0 Å². The molecule has 2 aromatic rings. The monoisotopic (exact) mass is 393 g/mol. The molecular formula is C21H23N5O3. The summed E-state index contributed by atoms with van der Waals surface area (Å²) >= 11 is 0. The molecule has 0 aliphatic carbocycles. The Morgan fingerprint density at radius 3 is 2.93 bits per heavy atom. The van der Waals surface area contributed by atoms with Gasteiger partial charge in [0.2, 0.25) is 0 Å². The van der Waals surface area contributed by atoms with Crippen LogP contribution in [0, 0.1) is 0 Å². The number of benzene rings is 1. The molecule has 1 fully saturated rings. The SMILES string of the molecule is COc1ccccc1C(=O)C1CN(C2N=C(c3ccncn3)C=CN2C)CCO1. The Morgan fingerprint density at radius 2 is 2.14 bits per heavy atom. The van der Waals surface area contributed by atoms with Crippen LogP contribution in [0.1, 0.15) is 16.1 Å². The number of aromatic nitrogens is 2. The predicted molar refractivity (Wildman–Crippen MR) is 108 cm³/mol. The maximum atomic E-state index is 13.1. The molecule has 0 spiro atoms. The average molecular weight is 393 g/mol. The normalized spacial score (nSPS) is 22.3. The lowest BCUT2D eigenvalue weighted by molar-refractivity contribution is -0.0484. The van der Waals surface area contributed by atoms with Crippen LogP contribution >= 0.6 is 0 Å². The van der Waals surface area contributed by atoms with E-state index in [4.69, 9.17) is 14.5 Å². The Labute approximate surface area is 169 Å². The molecule has 2 aliphatic heterocycles. The molecular weight excluding hydrogens is 370 g/mol. The Bertz CT molecular complexity index is 931. The second-order valence-electron chi connectivity index (χ2n) is 6.86. The smallest absolute Gasteiger partial charge is 0.196 e. The van der Waals surface area contributed by atoms with E-state index in [2.05, 4.69) is 14.9 Å². The molecule has 29 heavy (non-hydrogen) atoms. The molecule has 0 saturated carbocycles. The van der Waals surface area contributed by atoms with Gasteiger partial charge < -0.3 is 14.4 Å². The van der Waals surface area contributed by atoms with Gasteiger partial charge in [-0.1, -0.05) is 12.1 Å². The molecule has 0 radical (unpaired) electrons. The van der Waals surface area contributed by atoms with E-state index in [0.717, 1.165) is 11.4 Å². The van der Waals surface area contributed by atoms with Crippen LogP contribution < -0.4 is 4.74 Å². The fourth-order valence-electron chi connectivity index (χ4n) is 3.52. The molecule has 4 rings (SSSR count). The third-order valence-electron chi connectivity index (χ3n) is 5.02. The number of hydrogen-bond donors (Lipinski definition) is 0. The van der Waals surface area contributed by atoms with E-state index in [1.54, 1.807) is 25.4 Å². The summed E-state index contributed by atoms with van der Waals surface area (Å²) in [6.07, 6.45) is 6.30. The van der Waals surface area contributed by atoms with Crippen molar-refractivity contribution in [1.82, 2.24) is 19.8 Å². The number of carbonyl (C=O) groups is 1. The highest BCUT2D eigenvalue weighted by molar-refractivity contribution is 6.07. The van der Waals surface area contributed by atoms with Crippen molar-refractivity contribution in [1.29, 1.82) is 0 Å². The first-order chi connectivity index (χ1) is 14.2. The summed E-state index contributed by atoms with van der Waals surface area (Å²) in [7, 11) is 3.53. The van der Waals surface area contributed by atoms with Crippen LogP contribution in [0.4, 0.5) is 0 Å². The van der Waals surface area contributed by atoms with Crippen LogP contribution in [0.5, 0.6) is 5.75 Å². The van der Waals surface area contributed by atoms with E-state index in [1.807, 2.05) is 42.4 Å². The van der Waals surface area contributed by atoms with Gasteiger partial charge in [0.15, 0.2) is 12.1 Å². The summed E-state index contributed by atoms with van der Waals surface area (Å²) in [5, 5.41) is 0. The number of rotatable bonds is 5. The van der Waals surface area contributed by atoms with Crippen molar-refractivity contribution in [3.8, 4) is 5.75 Å². The average Bonchev–Trinajstić information content (AvgIpc) is 2.79. The maximum Gasteiger partial charge on any atom is 0.196 e. The first-order valence-electron chi connectivity index (χ1n) is 9.44. The standard InChI is InChI=1S/C21H23N5O3/c1-25-10-8-17(16-7-9-22-14-23-16)24-21(25)26-11-12-29-19(13-26)20(27)15-5-3-4-6-18(15)28-2/h3-10,14,19,21H,11-13H2,1-2H3. The number of allylic oxidation sites excluding steroid dienone is 1. The van der Waals surface area contributed by atoms with Crippen molar-refractivity contribution in [3.05, 3.63) is 66.4 Å². The van der Waals surface area contributed by atoms with E-state index in [1.165, 1.54) is 6.33 Å². The number of ether oxygens (including phenoxy) is 2. The molecule has 2 unspecified atom stereocenters. The van der Waals surface area contributed by atoms with Gasteiger partial charge in [0, 0.05) is 32.5 Å². The highest BCUT2D eigenvalue weighted by atomic mass is 16.5. The first kappa shape index (κ1) is 19.2. The molecule has 1 saturated heterocycles. The first-order valence-corrected chi connectivity index (χ1v) is 9.44. The van der Waals surface area contributed by atoms with Gasteiger partial charge in [0.05, 0.1) is 30.7 Å². The minimum absolute atomic E-state index is 0.0823. The summed E-state index contributed by atoms with van der Waals surface area (Å²) in [4.78, 5) is 30.3. The number of carbonyl (C=O) groups excluding carboxylic acids is 1. The topological polar surface area (TPSA) is 80.2 Å². The number of ketones is 1. The Balaban J connectivity index is 1.54. The van der Waals surface area contributed by atoms with Crippen LogP contribution in [0.15, 0.2) is 60.1 Å². The molecule has 0 bridgehead atoms. The lowest BCUT2D eigenvalue weighted by Crippen LogP contribution is -2.54. The zero-order valence-corrected chi connectivity index (χ0v) is 16.4. The summed E-state index contributed by atoms with van der Waals surface area (Å²) < 4.78 is 11.1. The summed E-state index contributed by atoms with van der Waals surface area (Å²) in [6.45, 7) is 1.58. The van der Waals surface area contributed by atoms with Crippen molar-refractivity contribution in [2.45, 2.75) is 12.4 Å². The molecule has 2 atom stereocenters. The van der Waals surface area contributed by atoms with Gasteiger partial charge >= 0.3 is 0 Å². The lowest BCUT2D eigenvalue weighted by Gasteiger charge is -2.40. The summed E-state index contributed by atoms with van der Waals surface area (Å²) in [5.41, 5.74) is 2.09. The molecule has 0 N–H and O–H groups in total. The van der Waals surface area contributed by atoms with E-state index in [-0.39, 0.29) is 12.1 Å². The van der Waals surface area contributed by atoms with Crippen molar-refractivity contribution in [2.75, 3.05) is 33.9 Å². The molecule has 3 heterocycles. The van der Waals surface area contributed by atoms with Crippen molar-refractivity contribution in [3.63, 3.8) is 0 Å². The van der Waals surface area contributed by atoms with Gasteiger partial charge in [0.1, 0.15) is 18.2 Å². The number of para-hydroxylation sites is 1. The summed E-state index contributed by atoms with van der Waals surface area (Å²) in [6, 6.07) is 9.06. The number of aliphatic imine (C=N–C) groups is 1. The molecule has 8 heteroatoms. The van der Waals surface area contributed by atoms with Crippen LogP contribution in [-0.4, -0.2) is 77.5 Å². The number of morpholine rings is 1. The number of methoxy groups -OCH3 is 1. The van der Waals surface area contributed by atoms with Crippen molar-refractivity contribution in [2.24, 2.45) is 4.99 Å². The van der Waals surface area contributed by atoms with Gasteiger partial charge in [-0.15, -0.1) is 0 Å². The second-order valence-corrected chi connectivity index (χ2v) is 6.86. The number of hydrogen-bond acceptors (Lipinski definition) is 8. The van der Waals surface area contributed by atoms with E-state index in [9.17, 15) is 4.79 Å². The van der Waals surface area contributed by atoms with Gasteiger partial charge in [-0.25, -0.2) is 15.0 Å². The molecule has 150 valence electrons. The predicted octanol–water partition coefficient (Wildman–Crippen LogP) is 1.60. The van der Waals surface area contributed by atoms with Crippen LogP contribution in [-0.2, 0) is 4.74 Å². The van der Waals surface area contributed by atoms with Gasteiger partial charge in [-0.2, -0.15) is 0 Å². The van der Waals surface area contributed by atoms with Crippen LogP contribution in [0.25, 0.3) is 0 Å². The molecule has 2 aliphatic rings. The minimum atomic E-state index is -0.572. The molecule has 0 amide bonds. The van der Waals surface area contributed by atoms with Crippen molar-refractivity contribution < 1.29 is 14.3 Å². The largest absolute Gasteiger partial charge is 0.496 e. The quantitative estimate of drug-likeness (QED) is 0.714. The summed E-state index contributed by atoms with van der Waals surface area (Å²) in [5.74, 6) is 0.473.